The first-order valence-electron chi connectivity index (χ1n) is 7.52. The molecule has 0 spiro atoms. The minimum absolute atomic E-state index is 0.0165. The molecule has 130 valence electrons. The summed E-state index contributed by atoms with van der Waals surface area (Å²) in [4.78, 5) is 35.0. The van der Waals surface area contributed by atoms with Crippen LogP contribution in [0.1, 0.15) is 33.2 Å². The van der Waals surface area contributed by atoms with Crippen molar-refractivity contribution in [2.24, 2.45) is 0 Å². The number of benzene rings is 2. The van der Waals surface area contributed by atoms with Gasteiger partial charge >= 0.3 is 12.1 Å². The van der Waals surface area contributed by atoms with Crippen LogP contribution in [0.5, 0.6) is 0 Å². The Morgan fingerprint density at radius 1 is 1.16 bits per heavy atom. The molecule has 0 aromatic heterocycles. The van der Waals surface area contributed by atoms with Gasteiger partial charge in [-0.25, -0.2) is 9.59 Å². The Morgan fingerprint density at radius 2 is 1.84 bits per heavy atom. The maximum Gasteiger partial charge on any atom is 0.408 e. The number of carboxylic acids is 1. The minimum atomic E-state index is -1.17. The lowest BCUT2D eigenvalue weighted by atomic mass is 10.0. The first-order chi connectivity index (χ1) is 11.9. The zero-order chi connectivity index (χ0) is 18.4. The number of amides is 1. The highest BCUT2D eigenvalue weighted by molar-refractivity contribution is 6.03. The van der Waals surface area contributed by atoms with Gasteiger partial charge in [-0.2, -0.15) is 0 Å². The average Bonchev–Trinajstić information content (AvgIpc) is 2.59. The Balaban J connectivity index is 1.94. The number of Topliss-reactive ketones (excluding diaryl/α,β-unsaturated/α-hetero) is 1. The van der Waals surface area contributed by atoms with Gasteiger partial charge < -0.3 is 20.9 Å². The van der Waals surface area contributed by atoms with E-state index >= 15 is 0 Å². The van der Waals surface area contributed by atoms with Gasteiger partial charge in [0.05, 0.1) is 11.6 Å². The summed E-state index contributed by atoms with van der Waals surface area (Å²) in [5.74, 6) is -1.58. The standard InChI is InChI=1S/C18H18N2O5/c1-11(20-18(24)25-10-12-5-3-2-4-6-12)16(21)13-7-8-14(17(22)23)15(19)9-13/h2-9,11H,10,19H2,1H3,(H,20,24)(H,22,23). The van der Waals surface area contributed by atoms with Gasteiger partial charge in [0.2, 0.25) is 0 Å². The topological polar surface area (TPSA) is 119 Å². The highest BCUT2D eigenvalue weighted by Crippen LogP contribution is 2.16. The first-order valence-corrected chi connectivity index (χ1v) is 7.52. The van der Waals surface area contributed by atoms with Crippen LogP contribution in [0.2, 0.25) is 0 Å². The number of nitrogens with one attached hydrogen (secondary N) is 1. The number of aromatic carboxylic acids is 1. The Morgan fingerprint density at radius 3 is 2.44 bits per heavy atom. The molecule has 0 heterocycles. The molecule has 2 aromatic rings. The van der Waals surface area contributed by atoms with E-state index in [1.165, 1.54) is 25.1 Å². The van der Waals surface area contributed by atoms with Crippen molar-refractivity contribution in [3.05, 3.63) is 65.2 Å². The summed E-state index contributed by atoms with van der Waals surface area (Å²) >= 11 is 0. The molecule has 25 heavy (non-hydrogen) atoms. The number of carbonyl (C=O) groups excluding carboxylic acids is 2. The van der Waals surface area contributed by atoms with Crippen LogP contribution in [-0.4, -0.2) is 29.0 Å². The molecule has 0 saturated heterocycles. The summed E-state index contributed by atoms with van der Waals surface area (Å²) in [6.07, 6.45) is -0.722. The van der Waals surface area contributed by atoms with Gasteiger partial charge in [0, 0.05) is 11.3 Å². The number of nitrogen functional groups attached to an aromatic ring is 1. The van der Waals surface area contributed by atoms with Crippen molar-refractivity contribution < 1.29 is 24.2 Å². The SMILES string of the molecule is CC(NC(=O)OCc1ccccc1)C(=O)c1ccc(C(=O)O)c(N)c1. The summed E-state index contributed by atoms with van der Waals surface area (Å²) in [6, 6.07) is 12.2. The van der Waals surface area contributed by atoms with E-state index in [4.69, 9.17) is 15.6 Å². The maximum atomic E-state index is 12.3. The minimum Gasteiger partial charge on any atom is -0.478 e. The van der Waals surface area contributed by atoms with Crippen LogP contribution in [-0.2, 0) is 11.3 Å². The second kappa shape index (κ2) is 7.96. The van der Waals surface area contributed by atoms with Crippen LogP contribution in [0, 0.1) is 0 Å². The quantitative estimate of drug-likeness (QED) is 0.548. The number of ketones is 1. The fourth-order valence-corrected chi connectivity index (χ4v) is 2.17. The van der Waals surface area contributed by atoms with Crippen molar-refractivity contribution in [2.45, 2.75) is 19.6 Å². The second-order valence-corrected chi connectivity index (χ2v) is 5.40. The second-order valence-electron chi connectivity index (χ2n) is 5.40. The van der Waals surface area contributed by atoms with Crippen molar-refractivity contribution in [3.8, 4) is 0 Å². The summed E-state index contributed by atoms with van der Waals surface area (Å²) in [6.45, 7) is 1.60. The van der Waals surface area contributed by atoms with Crippen molar-refractivity contribution in [3.63, 3.8) is 0 Å². The number of alkyl carbamates (subject to hydrolysis) is 1. The molecular weight excluding hydrogens is 324 g/mol. The van der Waals surface area contributed by atoms with Crippen molar-refractivity contribution in [2.75, 3.05) is 5.73 Å². The van der Waals surface area contributed by atoms with E-state index in [0.717, 1.165) is 5.56 Å². The smallest absolute Gasteiger partial charge is 0.408 e. The van der Waals surface area contributed by atoms with Gasteiger partial charge in [-0.1, -0.05) is 36.4 Å². The molecule has 0 fully saturated rings. The summed E-state index contributed by atoms with van der Waals surface area (Å²) in [7, 11) is 0. The molecule has 0 aliphatic heterocycles. The molecule has 1 unspecified atom stereocenters. The van der Waals surface area contributed by atoms with E-state index < -0.39 is 23.9 Å². The van der Waals surface area contributed by atoms with Gasteiger partial charge in [0.25, 0.3) is 0 Å². The van der Waals surface area contributed by atoms with E-state index in [-0.39, 0.29) is 23.4 Å². The third-order valence-electron chi connectivity index (χ3n) is 3.51. The molecule has 7 nitrogen and oxygen atoms in total. The molecule has 1 atom stereocenters. The number of carboxylic acid groups (broad SMARTS) is 1. The summed E-state index contributed by atoms with van der Waals surface area (Å²) in [5.41, 5.74) is 6.56. The van der Waals surface area contributed by atoms with Crippen LogP contribution in [0.4, 0.5) is 10.5 Å². The lowest BCUT2D eigenvalue weighted by molar-refractivity contribution is 0.0697. The van der Waals surface area contributed by atoms with Gasteiger partial charge in [-0.05, 0) is 24.6 Å². The molecule has 0 radical (unpaired) electrons. The number of rotatable bonds is 6. The summed E-state index contributed by atoms with van der Waals surface area (Å²) < 4.78 is 5.05. The third-order valence-corrected chi connectivity index (χ3v) is 3.51. The lowest BCUT2D eigenvalue weighted by Gasteiger charge is -2.14. The Kier molecular flexibility index (Phi) is 5.73. The zero-order valence-electron chi connectivity index (χ0n) is 13.6. The lowest BCUT2D eigenvalue weighted by Crippen LogP contribution is -2.38. The predicted octanol–water partition coefficient (Wildman–Crippen LogP) is 2.46. The number of anilines is 1. The van der Waals surface area contributed by atoms with Crippen LogP contribution in [0.25, 0.3) is 0 Å². The number of ether oxygens (including phenoxy) is 1. The molecule has 0 bridgehead atoms. The van der Waals surface area contributed by atoms with Crippen LogP contribution >= 0.6 is 0 Å². The largest absolute Gasteiger partial charge is 0.478 e. The number of carbonyl (C=O) groups is 3. The van der Waals surface area contributed by atoms with E-state index in [2.05, 4.69) is 5.32 Å². The van der Waals surface area contributed by atoms with E-state index in [9.17, 15) is 14.4 Å². The fraction of sp³-hybridized carbons (Fsp3) is 0.167. The summed E-state index contributed by atoms with van der Waals surface area (Å²) in [5, 5.41) is 11.4. The molecule has 0 aliphatic rings. The Bertz CT molecular complexity index is 789. The normalized spacial score (nSPS) is 11.4. The maximum absolute atomic E-state index is 12.3. The molecule has 2 rings (SSSR count). The molecule has 4 N–H and O–H groups in total. The molecule has 2 aromatic carbocycles. The van der Waals surface area contributed by atoms with E-state index in [1.54, 1.807) is 0 Å². The zero-order valence-corrected chi connectivity index (χ0v) is 13.6. The van der Waals surface area contributed by atoms with Crippen molar-refractivity contribution in [1.29, 1.82) is 0 Å². The molecular formula is C18H18N2O5. The average molecular weight is 342 g/mol. The fourth-order valence-electron chi connectivity index (χ4n) is 2.17. The van der Waals surface area contributed by atoms with E-state index in [1.807, 2.05) is 30.3 Å². The number of hydrogen-bond donors (Lipinski definition) is 3. The Labute approximate surface area is 144 Å². The molecule has 0 saturated carbocycles. The van der Waals surface area contributed by atoms with Crippen molar-refractivity contribution >= 4 is 23.5 Å². The highest BCUT2D eigenvalue weighted by Gasteiger charge is 2.20. The monoisotopic (exact) mass is 342 g/mol. The number of nitrogens with two attached hydrogens (primary N) is 1. The predicted molar refractivity (Wildman–Crippen MR) is 91.4 cm³/mol. The molecule has 1 amide bonds. The first kappa shape index (κ1) is 18.0. The van der Waals surface area contributed by atoms with E-state index in [0.29, 0.717) is 0 Å². The number of hydrogen-bond acceptors (Lipinski definition) is 5. The molecule has 0 aliphatic carbocycles. The third kappa shape index (κ3) is 4.81. The Hall–Kier alpha value is -3.35. The van der Waals surface area contributed by atoms with Crippen molar-refractivity contribution in [1.82, 2.24) is 5.32 Å². The van der Waals surface area contributed by atoms with Crippen LogP contribution in [0.15, 0.2) is 48.5 Å². The van der Waals surface area contributed by atoms with Crippen LogP contribution in [0.3, 0.4) is 0 Å². The van der Waals surface area contributed by atoms with Gasteiger partial charge in [0.15, 0.2) is 5.78 Å². The van der Waals surface area contributed by atoms with Gasteiger partial charge in [0.1, 0.15) is 6.61 Å². The van der Waals surface area contributed by atoms with Gasteiger partial charge in [-0.15, -0.1) is 0 Å². The highest BCUT2D eigenvalue weighted by atomic mass is 16.5. The molecule has 7 heteroatoms. The van der Waals surface area contributed by atoms with Crippen LogP contribution < -0.4 is 11.1 Å². The van der Waals surface area contributed by atoms with Gasteiger partial charge in [-0.3, -0.25) is 4.79 Å².